The van der Waals surface area contributed by atoms with Gasteiger partial charge in [-0.3, -0.25) is 23.7 Å². The molecule has 156 valence electrons. The molecule has 29 heavy (non-hydrogen) atoms. The SMILES string of the molecule is CC(=O)OCC1OC(n2cnc3c(=O)[nH]cnc32)C(OC(C)=O)C1N(C)C(C)=O. The van der Waals surface area contributed by atoms with Crippen LogP contribution in [0.4, 0.5) is 0 Å². The molecule has 1 fully saturated rings. The highest BCUT2D eigenvalue weighted by molar-refractivity contribution is 5.74. The zero-order chi connectivity index (χ0) is 21.3. The molecule has 4 unspecified atom stereocenters. The van der Waals surface area contributed by atoms with Crippen LogP contribution in [0.25, 0.3) is 11.2 Å². The summed E-state index contributed by atoms with van der Waals surface area (Å²) in [6.07, 6.45) is -0.144. The molecule has 0 aliphatic carbocycles. The molecular weight excluding hydrogens is 386 g/mol. The zero-order valence-corrected chi connectivity index (χ0v) is 16.3. The van der Waals surface area contributed by atoms with Crippen LogP contribution < -0.4 is 5.56 Å². The minimum Gasteiger partial charge on any atom is -0.463 e. The molecule has 3 rings (SSSR count). The molecule has 1 N–H and O–H groups in total. The largest absolute Gasteiger partial charge is 0.463 e. The van der Waals surface area contributed by atoms with Gasteiger partial charge in [-0.25, -0.2) is 9.97 Å². The number of rotatable bonds is 5. The first-order valence-electron chi connectivity index (χ1n) is 8.80. The van der Waals surface area contributed by atoms with Crippen LogP contribution in [-0.2, 0) is 28.6 Å². The van der Waals surface area contributed by atoms with E-state index in [1.807, 2.05) is 0 Å². The monoisotopic (exact) mass is 407 g/mol. The number of aromatic nitrogens is 4. The van der Waals surface area contributed by atoms with Gasteiger partial charge in [-0.15, -0.1) is 0 Å². The number of imidazole rings is 1. The van der Waals surface area contributed by atoms with Crippen LogP contribution in [0.15, 0.2) is 17.4 Å². The fourth-order valence-electron chi connectivity index (χ4n) is 3.33. The van der Waals surface area contributed by atoms with Gasteiger partial charge >= 0.3 is 11.9 Å². The maximum atomic E-state index is 12.0. The maximum absolute atomic E-state index is 12.0. The van der Waals surface area contributed by atoms with Crippen molar-refractivity contribution in [1.82, 2.24) is 24.4 Å². The van der Waals surface area contributed by atoms with Crippen molar-refractivity contribution >= 4 is 29.0 Å². The molecule has 2 aromatic rings. The standard InChI is InChI=1S/C17H21N5O7/c1-8(23)21(4)13-11(5-27-9(2)24)29-17(14(13)28-10(3)25)22-7-20-12-15(22)18-6-19-16(12)26/h6-7,11,13-14,17H,5H2,1-4H3,(H,18,19,26). The Balaban J connectivity index is 2.07. The van der Waals surface area contributed by atoms with Gasteiger partial charge in [0, 0.05) is 27.8 Å². The molecule has 0 radical (unpaired) electrons. The Morgan fingerprint density at radius 3 is 2.59 bits per heavy atom. The number of hydrogen-bond acceptors (Lipinski definition) is 9. The number of carbonyl (C=O) groups is 3. The van der Waals surface area contributed by atoms with Crippen LogP contribution >= 0.6 is 0 Å². The summed E-state index contributed by atoms with van der Waals surface area (Å²) in [6.45, 7) is 3.68. The number of amides is 1. The van der Waals surface area contributed by atoms with Crippen molar-refractivity contribution in [3.8, 4) is 0 Å². The summed E-state index contributed by atoms with van der Waals surface area (Å²) in [6, 6.07) is -0.750. The second-order valence-electron chi connectivity index (χ2n) is 6.62. The van der Waals surface area contributed by atoms with E-state index in [2.05, 4.69) is 15.0 Å². The minimum atomic E-state index is -0.958. The van der Waals surface area contributed by atoms with Crippen LogP contribution in [0, 0.1) is 0 Å². The highest BCUT2D eigenvalue weighted by Gasteiger charge is 2.51. The molecule has 0 saturated carbocycles. The summed E-state index contributed by atoms with van der Waals surface area (Å²) in [7, 11) is 1.53. The lowest BCUT2D eigenvalue weighted by Gasteiger charge is -2.31. The topological polar surface area (TPSA) is 146 Å². The molecule has 12 nitrogen and oxygen atoms in total. The number of nitrogens with zero attached hydrogens (tertiary/aromatic N) is 4. The quantitative estimate of drug-likeness (QED) is 0.639. The fraction of sp³-hybridized carbons (Fsp3) is 0.529. The zero-order valence-electron chi connectivity index (χ0n) is 16.3. The van der Waals surface area contributed by atoms with Gasteiger partial charge in [-0.2, -0.15) is 0 Å². The Morgan fingerprint density at radius 1 is 1.24 bits per heavy atom. The smallest absolute Gasteiger partial charge is 0.303 e. The van der Waals surface area contributed by atoms with E-state index in [1.54, 1.807) is 0 Å². The number of aromatic amines is 1. The summed E-state index contributed by atoms with van der Waals surface area (Å²) < 4.78 is 18.0. The number of esters is 2. The number of hydrogen-bond donors (Lipinski definition) is 1. The Kier molecular flexibility index (Phi) is 5.64. The fourth-order valence-corrected chi connectivity index (χ4v) is 3.33. The Morgan fingerprint density at radius 2 is 1.97 bits per heavy atom. The van der Waals surface area contributed by atoms with Crippen molar-refractivity contribution in [3.05, 3.63) is 23.0 Å². The molecule has 0 bridgehead atoms. The van der Waals surface area contributed by atoms with Crippen molar-refractivity contribution in [2.45, 2.75) is 45.2 Å². The molecule has 0 aromatic carbocycles. The average Bonchev–Trinajstić information content (AvgIpc) is 3.21. The highest BCUT2D eigenvalue weighted by Crippen LogP contribution is 2.36. The van der Waals surface area contributed by atoms with E-state index in [4.69, 9.17) is 14.2 Å². The van der Waals surface area contributed by atoms with Gasteiger partial charge in [0.15, 0.2) is 23.5 Å². The summed E-state index contributed by atoms with van der Waals surface area (Å²) >= 11 is 0. The molecule has 1 aliphatic rings. The minimum absolute atomic E-state index is 0.0811. The number of H-pyrrole nitrogens is 1. The lowest BCUT2D eigenvalue weighted by atomic mass is 10.1. The number of carbonyl (C=O) groups excluding carboxylic acids is 3. The predicted octanol–water partition coefficient (Wildman–Crippen LogP) is -0.641. The Bertz CT molecular complexity index is 999. The third-order valence-electron chi connectivity index (χ3n) is 4.65. The summed E-state index contributed by atoms with van der Waals surface area (Å²) in [5, 5.41) is 0. The molecule has 1 amide bonds. The first-order valence-corrected chi connectivity index (χ1v) is 8.80. The average molecular weight is 407 g/mol. The lowest BCUT2D eigenvalue weighted by Crippen LogP contribution is -2.50. The molecule has 3 heterocycles. The van der Waals surface area contributed by atoms with Gasteiger partial charge in [-0.05, 0) is 0 Å². The van der Waals surface area contributed by atoms with Crippen molar-refractivity contribution in [2.75, 3.05) is 13.7 Å². The molecule has 0 spiro atoms. The highest BCUT2D eigenvalue weighted by atomic mass is 16.6. The predicted molar refractivity (Wildman–Crippen MR) is 96.5 cm³/mol. The van der Waals surface area contributed by atoms with Gasteiger partial charge in [0.2, 0.25) is 5.91 Å². The van der Waals surface area contributed by atoms with E-state index in [1.165, 1.54) is 49.9 Å². The van der Waals surface area contributed by atoms with Gasteiger partial charge in [-0.1, -0.05) is 0 Å². The van der Waals surface area contributed by atoms with Crippen LogP contribution in [0.1, 0.15) is 27.0 Å². The third-order valence-corrected chi connectivity index (χ3v) is 4.65. The number of ether oxygens (including phenoxy) is 3. The van der Waals surface area contributed by atoms with E-state index < -0.39 is 42.0 Å². The van der Waals surface area contributed by atoms with E-state index in [0.29, 0.717) is 0 Å². The third kappa shape index (κ3) is 3.97. The second kappa shape index (κ2) is 7.99. The Labute approximate surface area is 164 Å². The molecule has 1 saturated heterocycles. The van der Waals surface area contributed by atoms with Crippen LogP contribution in [-0.4, -0.2) is 74.2 Å². The van der Waals surface area contributed by atoms with E-state index in [9.17, 15) is 19.2 Å². The first kappa shape index (κ1) is 20.5. The number of likely N-dealkylation sites (N-methyl/N-ethyl adjacent to an activating group) is 1. The van der Waals surface area contributed by atoms with Crippen molar-refractivity contribution in [2.24, 2.45) is 0 Å². The van der Waals surface area contributed by atoms with Gasteiger partial charge < -0.3 is 24.1 Å². The molecule has 4 atom stereocenters. The van der Waals surface area contributed by atoms with E-state index in [0.717, 1.165) is 0 Å². The molecular formula is C17H21N5O7. The molecule has 1 aliphatic heterocycles. The normalized spacial score (nSPS) is 23.7. The lowest BCUT2D eigenvalue weighted by molar-refractivity contribution is -0.155. The number of nitrogens with one attached hydrogen (secondary N) is 1. The van der Waals surface area contributed by atoms with Gasteiger partial charge in [0.05, 0.1) is 12.7 Å². The summed E-state index contributed by atoms with van der Waals surface area (Å²) in [5.74, 6) is -1.41. The maximum Gasteiger partial charge on any atom is 0.303 e. The Hall–Kier alpha value is -3.28. The van der Waals surface area contributed by atoms with Crippen molar-refractivity contribution in [1.29, 1.82) is 0 Å². The first-order chi connectivity index (χ1) is 13.7. The second-order valence-corrected chi connectivity index (χ2v) is 6.62. The van der Waals surface area contributed by atoms with E-state index in [-0.39, 0.29) is 23.7 Å². The van der Waals surface area contributed by atoms with Gasteiger partial charge in [0.25, 0.3) is 5.56 Å². The van der Waals surface area contributed by atoms with Crippen LogP contribution in [0.3, 0.4) is 0 Å². The summed E-state index contributed by atoms with van der Waals surface area (Å²) in [5.41, 5.74) is -0.143. The summed E-state index contributed by atoms with van der Waals surface area (Å²) in [4.78, 5) is 59.0. The molecule has 2 aromatic heterocycles. The number of fused-ring (bicyclic) bond motifs is 1. The van der Waals surface area contributed by atoms with Crippen LogP contribution in [0.5, 0.6) is 0 Å². The van der Waals surface area contributed by atoms with Crippen molar-refractivity contribution in [3.63, 3.8) is 0 Å². The molecule has 12 heteroatoms. The van der Waals surface area contributed by atoms with Crippen molar-refractivity contribution < 1.29 is 28.6 Å². The van der Waals surface area contributed by atoms with Crippen LogP contribution in [0.2, 0.25) is 0 Å². The van der Waals surface area contributed by atoms with Gasteiger partial charge in [0.1, 0.15) is 18.8 Å². The van der Waals surface area contributed by atoms with E-state index >= 15 is 0 Å².